The molecule has 5 heteroatoms. The number of nitrogens with one attached hydrogen (secondary N) is 1. The maximum absolute atomic E-state index is 11.0. The first-order valence-electron chi connectivity index (χ1n) is 4.04. The monoisotopic (exact) mass is 199 g/mol. The number of esters is 1. The first-order chi connectivity index (χ1) is 6.74. The van der Waals surface area contributed by atoms with E-state index in [1.807, 2.05) is 0 Å². The normalized spacial score (nSPS) is 8.50. The van der Waals surface area contributed by atoms with E-state index in [-0.39, 0.29) is 5.56 Å². The number of hydrogen-bond acceptors (Lipinski definition) is 4. The van der Waals surface area contributed by atoms with Crippen LogP contribution in [0.5, 0.6) is 0 Å². The predicted octanol–water partition coefficient (Wildman–Crippen LogP) is 0.160. The first-order valence-corrected chi connectivity index (χ1v) is 4.04. The third kappa shape index (κ3) is 3.86. The molecule has 0 aliphatic heterocycles. The van der Waals surface area contributed by atoms with Crippen molar-refractivity contribution in [2.45, 2.75) is 6.92 Å². The number of carbonyl (C=O) groups is 1. The molecule has 1 aromatic rings. The van der Waals surface area contributed by atoms with Gasteiger partial charge in [-0.3, -0.25) is 4.79 Å². The highest BCUT2D eigenvalue weighted by Gasteiger charge is 2.04. The van der Waals surface area contributed by atoms with E-state index in [2.05, 4.69) is 4.98 Å². The number of carbonyl (C=O) groups excluding carboxylic acids is 1. The fourth-order valence-corrected chi connectivity index (χ4v) is 0.752. The largest absolute Gasteiger partial charge is 0.462 e. The van der Waals surface area contributed by atoms with Crippen LogP contribution < -0.4 is 5.56 Å². The molecule has 0 unspecified atom stereocenters. The lowest BCUT2D eigenvalue weighted by Crippen LogP contribution is -2.09. The van der Waals surface area contributed by atoms with Crippen molar-refractivity contribution in [3.63, 3.8) is 0 Å². The van der Waals surface area contributed by atoms with Crippen LogP contribution in [0, 0.1) is 0 Å². The van der Waals surface area contributed by atoms with E-state index in [1.54, 1.807) is 6.92 Å². The Balaban J connectivity index is 0.000000791. The molecule has 14 heavy (non-hydrogen) atoms. The number of aliphatic hydroxyl groups is 1. The second-order valence-corrected chi connectivity index (χ2v) is 2.16. The molecule has 5 nitrogen and oxygen atoms in total. The number of H-pyrrole nitrogens is 1. The number of hydrogen-bond donors (Lipinski definition) is 2. The van der Waals surface area contributed by atoms with Gasteiger partial charge in [0, 0.05) is 19.4 Å². The quantitative estimate of drug-likeness (QED) is 0.665. The molecule has 0 spiro atoms. The molecule has 0 amide bonds. The van der Waals surface area contributed by atoms with Gasteiger partial charge in [-0.25, -0.2) is 4.79 Å². The number of aromatic amines is 1. The van der Waals surface area contributed by atoms with Crippen molar-refractivity contribution in [3.05, 3.63) is 34.2 Å². The third-order valence-corrected chi connectivity index (χ3v) is 1.30. The molecule has 0 atom stereocenters. The van der Waals surface area contributed by atoms with Crippen LogP contribution in [-0.2, 0) is 4.74 Å². The molecule has 0 bridgehead atoms. The van der Waals surface area contributed by atoms with Gasteiger partial charge < -0.3 is 14.8 Å². The standard InChI is InChI=1S/C8H9NO3.CH4O/c1-2-12-8(11)6-3-4-7(10)9-5-6;1-2/h3-5H,2H2,1H3,(H,9,10);2H,1H3. The highest BCUT2D eigenvalue weighted by molar-refractivity contribution is 5.88. The van der Waals surface area contributed by atoms with Crippen LogP contribution in [0.2, 0.25) is 0 Å². The molecule has 2 N–H and O–H groups in total. The van der Waals surface area contributed by atoms with Gasteiger partial charge in [0.05, 0.1) is 12.2 Å². The first kappa shape index (κ1) is 12.4. The van der Waals surface area contributed by atoms with E-state index < -0.39 is 5.97 Å². The number of rotatable bonds is 2. The molecule has 1 rings (SSSR count). The fourth-order valence-electron chi connectivity index (χ4n) is 0.752. The second-order valence-electron chi connectivity index (χ2n) is 2.16. The van der Waals surface area contributed by atoms with Crippen LogP contribution in [0.25, 0.3) is 0 Å². The highest BCUT2D eigenvalue weighted by Crippen LogP contribution is 1.95. The Hall–Kier alpha value is -1.62. The fraction of sp³-hybridized carbons (Fsp3) is 0.333. The van der Waals surface area contributed by atoms with Crippen LogP contribution in [0.4, 0.5) is 0 Å². The molecule has 0 radical (unpaired) electrons. The molecular weight excluding hydrogens is 186 g/mol. The van der Waals surface area contributed by atoms with Crippen LogP contribution in [0.1, 0.15) is 17.3 Å². The Labute approximate surface area is 81.3 Å². The summed E-state index contributed by atoms with van der Waals surface area (Å²) in [6.07, 6.45) is 1.33. The average Bonchev–Trinajstić information content (AvgIpc) is 2.22. The van der Waals surface area contributed by atoms with Gasteiger partial charge >= 0.3 is 5.97 Å². The molecule has 78 valence electrons. The summed E-state index contributed by atoms with van der Waals surface area (Å²) >= 11 is 0. The SMILES string of the molecule is CCOC(=O)c1ccc(=O)[nH]c1.CO. The third-order valence-electron chi connectivity index (χ3n) is 1.30. The molecule has 1 aromatic heterocycles. The highest BCUT2D eigenvalue weighted by atomic mass is 16.5. The number of pyridine rings is 1. The van der Waals surface area contributed by atoms with Crippen molar-refractivity contribution in [2.75, 3.05) is 13.7 Å². The Morgan fingerprint density at radius 2 is 2.14 bits per heavy atom. The minimum Gasteiger partial charge on any atom is -0.462 e. The summed E-state index contributed by atoms with van der Waals surface area (Å²) in [5, 5.41) is 7.00. The van der Waals surface area contributed by atoms with Gasteiger partial charge in [0.15, 0.2) is 0 Å². The average molecular weight is 199 g/mol. The Morgan fingerprint density at radius 1 is 1.50 bits per heavy atom. The molecule has 0 aliphatic rings. The van der Waals surface area contributed by atoms with E-state index >= 15 is 0 Å². The summed E-state index contributed by atoms with van der Waals surface area (Å²) < 4.78 is 4.71. The predicted molar refractivity (Wildman–Crippen MR) is 51.2 cm³/mol. The van der Waals surface area contributed by atoms with Crippen molar-refractivity contribution in [1.29, 1.82) is 0 Å². The lowest BCUT2D eigenvalue weighted by atomic mass is 10.3. The smallest absolute Gasteiger partial charge is 0.339 e. The summed E-state index contributed by atoms with van der Waals surface area (Å²) in [5.41, 5.74) is 0.125. The maximum Gasteiger partial charge on any atom is 0.339 e. The Bertz CT molecular complexity index is 311. The number of aromatic nitrogens is 1. The van der Waals surface area contributed by atoms with E-state index in [0.29, 0.717) is 12.2 Å². The van der Waals surface area contributed by atoms with Gasteiger partial charge in [0.1, 0.15) is 0 Å². The van der Waals surface area contributed by atoms with Gasteiger partial charge in [-0.2, -0.15) is 0 Å². The maximum atomic E-state index is 11.0. The molecule has 0 fully saturated rings. The van der Waals surface area contributed by atoms with Crippen molar-refractivity contribution in [2.24, 2.45) is 0 Å². The van der Waals surface area contributed by atoms with Crippen LogP contribution in [0.15, 0.2) is 23.1 Å². The zero-order valence-corrected chi connectivity index (χ0v) is 8.11. The summed E-state index contributed by atoms with van der Waals surface area (Å²) in [6.45, 7) is 2.06. The summed E-state index contributed by atoms with van der Waals surface area (Å²) in [5.74, 6) is -0.422. The molecule has 0 aliphatic carbocycles. The summed E-state index contributed by atoms with van der Waals surface area (Å²) in [6, 6.07) is 2.71. The van der Waals surface area contributed by atoms with E-state index in [9.17, 15) is 9.59 Å². The second kappa shape index (κ2) is 6.85. The molecule has 0 saturated heterocycles. The minimum atomic E-state index is -0.422. The molecule has 1 heterocycles. The van der Waals surface area contributed by atoms with Gasteiger partial charge in [-0.1, -0.05) is 0 Å². The number of aliphatic hydroxyl groups excluding tert-OH is 1. The molecule has 0 aromatic carbocycles. The van der Waals surface area contributed by atoms with Gasteiger partial charge in [-0.15, -0.1) is 0 Å². The van der Waals surface area contributed by atoms with E-state index in [0.717, 1.165) is 7.11 Å². The molecular formula is C9H13NO4. The van der Waals surface area contributed by atoms with Crippen molar-refractivity contribution in [1.82, 2.24) is 4.98 Å². The summed E-state index contributed by atoms with van der Waals surface area (Å²) in [7, 11) is 1.00. The van der Waals surface area contributed by atoms with Gasteiger partial charge in [0.25, 0.3) is 0 Å². The van der Waals surface area contributed by atoms with Crippen LogP contribution in [-0.4, -0.2) is 29.8 Å². The lowest BCUT2D eigenvalue weighted by Gasteiger charge is -1.99. The Morgan fingerprint density at radius 3 is 2.57 bits per heavy atom. The topological polar surface area (TPSA) is 79.4 Å². The van der Waals surface area contributed by atoms with Gasteiger partial charge in [0.2, 0.25) is 5.56 Å². The zero-order chi connectivity index (χ0) is 11.0. The number of ether oxygens (including phenoxy) is 1. The van der Waals surface area contributed by atoms with Crippen LogP contribution in [0.3, 0.4) is 0 Å². The molecule has 0 saturated carbocycles. The van der Waals surface area contributed by atoms with Crippen LogP contribution >= 0.6 is 0 Å². The van der Waals surface area contributed by atoms with Crippen molar-refractivity contribution >= 4 is 5.97 Å². The summed E-state index contributed by atoms with van der Waals surface area (Å²) in [4.78, 5) is 24.0. The minimum absolute atomic E-state index is 0.233. The van der Waals surface area contributed by atoms with E-state index in [4.69, 9.17) is 9.84 Å². The lowest BCUT2D eigenvalue weighted by molar-refractivity contribution is 0.0526. The van der Waals surface area contributed by atoms with Crippen molar-refractivity contribution < 1.29 is 14.6 Å². The van der Waals surface area contributed by atoms with Crippen molar-refractivity contribution in [3.8, 4) is 0 Å². The Kier molecular flexibility index (Phi) is 6.06. The van der Waals surface area contributed by atoms with E-state index in [1.165, 1.54) is 18.3 Å². The van der Waals surface area contributed by atoms with Gasteiger partial charge in [-0.05, 0) is 13.0 Å². The zero-order valence-electron chi connectivity index (χ0n) is 8.11.